The van der Waals surface area contributed by atoms with Gasteiger partial charge in [-0.3, -0.25) is 10.1 Å². The molecule has 3 aliphatic rings. The van der Waals surface area contributed by atoms with Crippen LogP contribution >= 0.6 is 15.9 Å². The molecule has 6 rings (SSSR count). The number of fused-ring (bicyclic) bond motifs is 6. The van der Waals surface area contributed by atoms with Crippen LogP contribution in [0.25, 0.3) is 0 Å². The fourth-order valence-electron chi connectivity index (χ4n) is 5.14. The lowest BCUT2D eigenvalue weighted by molar-refractivity contribution is -0.384. The van der Waals surface area contributed by atoms with Crippen molar-refractivity contribution in [3.8, 4) is 11.5 Å². The number of hydrogen-bond donors (Lipinski definition) is 1. The maximum Gasteiger partial charge on any atom is 0.269 e. The Morgan fingerprint density at radius 3 is 2.63 bits per heavy atom. The van der Waals surface area contributed by atoms with E-state index in [4.69, 9.17) is 9.47 Å². The molecule has 150 valence electrons. The highest BCUT2D eigenvalue weighted by molar-refractivity contribution is 9.10. The lowest BCUT2D eigenvalue weighted by Crippen LogP contribution is -2.30. The lowest BCUT2D eigenvalue weighted by Gasteiger charge is -2.38. The van der Waals surface area contributed by atoms with Crippen LogP contribution in [0.4, 0.5) is 11.4 Å². The molecule has 0 fully saturated rings. The van der Waals surface area contributed by atoms with E-state index in [1.54, 1.807) is 12.1 Å². The van der Waals surface area contributed by atoms with Gasteiger partial charge in [-0.2, -0.15) is 0 Å². The van der Waals surface area contributed by atoms with Gasteiger partial charge in [0.1, 0.15) is 0 Å². The van der Waals surface area contributed by atoms with E-state index < -0.39 is 0 Å². The van der Waals surface area contributed by atoms with Crippen molar-refractivity contribution in [2.45, 2.75) is 18.4 Å². The van der Waals surface area contributed by atoms with Crippen LogP contribution in [-0.2, 0) is 6.42 Å². The molecule has 30 heavy (non-hydrogen) atoms. The molecule has 0 spiro atoms. The van der Waals surface area contributed by atoms with Gasteiger partial charge in [-0.15, -0.1) is 0 Å². The van der Waals surface area contributed by atoms with E-state index in [9.17, 15) is 10.1 Å². The molecular formula is C23H17BrN2O4. The van der Waals surface area contributed by atoms with Crippen LogP contribution in [0.5, 0.6) is 11.5 Å². The van der Waals surface area contributed by atoms with Crippen molar-refractivity contribution in [3.63, 3.8) is 0 Å². The zero-order valence-corrected chi connectivity index (χ0v) is 17.4. The molecule has 0 amide bonds. The predicted octanol–water partition coefficient (Wildman–Crippen LogP) is 5.56. The van der Waals surface area contributed by atoms with E-state index in [0.29, 0.717) is 0 Å². The van der Waals surface area contributed by atoms with Gasteiger partial charge in [0.25, 0.3) is 5.69 Å². The Morgan fingerprint density at radius 1 is 1.00 bits per heavy atom. The molecule has 7 heteroatoms. The summed E-state index contributed by atoms with van der Waals surface area (Å²) in [4.78, 5) is 11.1. The van der Waals surface area contributed by atoms with Crippen LogP contribution in [0.1, 0.15) is 34.2 Å². The Balaban J connectivity index is 1.53. The second-order valence-corrected chi connectivity index (χ2v) is 8.78. The van der Waals surface area contributed by atoms with Crippen molar-refractivity contribution in [2.75, 3.05) is 12.1 Å². The minimum Gasteiger partial charge on any atom is -0.454 e. The first-order valence-electron chi connectivity index (χ1n) is 9.82. The number of nitrogens with zero attached hydrogens (tertiary/aromatic N) is 1. The molecule has 0 unspecified atom stereocenters. The average Bonchev–Trinajstić information content (AvgIpc) is 3.36. The van der Waals surface area contributed by atoms with Gasteiger partial charge in [-0.25, -0.2) is 0 Å². The van der Waals surface area contributed by atoms with Gasteiger partial charge in [0.15, 0.2) is 11.5 Å². The van der Waals surface area contributed by atoms with Gasteiger partial charge in [-0.05, 0) is 52.8 Å². The Hall–Kier alpha value is -3.06. The van der Waals surface area contributed by atoms with Crippen molar-refractivity contribution in [1.29, 1.82) is 0 Å². The molecule has 1 N–H and O–H groups in total. The highest BCUT2D eigenvalue weighted by Crippen LogP contribution is 2.55. The number of ether oxygens (including phenoxy) is 2. The maximum absolute atomic E-state index is 11.4. The van der Waals surface area contributed by atoms with Crippen LogP contribution in [0, 0.1) is 16.0 Å². The van der Waals surface area contributed by atoms with Gasteiger partial charge < -0.3 is 14.8 Å². The number of anilines is 1. The van der Waals surface area contributed by atoms with E-state index in [1.807, 2.05) is 24.3 Å². The molecule has 0 saturated carbocycles. The molecule has 2 aliphatic heterocycles. The summed E-state index contributed by atoms with van der Waals surface area (Å²) in [5.74, 6) is 1.81. The normalized spacial score (nSPS) is 22.6. The fourth-order valence-corrected chi connectivity index (χ4v) is 5.71. The van der Waals surface area contributed by atoms with Crippen LogP contribution in [-0.4, -0.2) is 11.7 Å². The first-order valence-corrected chi connectivity index (χ1v) is 10.6. The van der Waals surface area contributed by atoms with Crippen molar-refractivity contribution in [2.24, 2.45) is 5.92 Å². The van der Waals surface area contributed by atoms with Gasteiger partial charge in [0.2, 0.25) is 6.79 Å². The van der Waals surface area contributed by atoms with Crippen molar-refractivity contribution >= 4 is 27.3 Å². The number of nitro benzene ring substituents is 1. The van der Waals surface area contributed by atoms with Gasteiger partial charge in [-0.1, -0.05) is 40.2 Å². The summed E-state index contributed by atoms with van der Waals surface area (Å²) in [6.07, 6.45) is 0.904. The SMILES string of the molecule is O=[N+]([O-])c1ccc2c(c1)[C@@H]1c3ccccc3C[C@@H]1[C@@H](c1cc3c(cc1Br)OCO3)N2. The van der Waals surface area contributed by atoms with E-state index in [2.05, 4.69) is 39.4 Å². The highest BCUT2D eigenvalue weighted by Gasteiger charge is 2.44. The second kappa shape index (κ2) is 6.47. The van der Waals surface area contributed by atoms with E-state index >= 15 is 0 Å². The summed E-state index contributed by atoms with van der Waals surface area (Å²) in [6, 6.07) is 17.6. The third kappa shape index (κ3) is 2.55. The number of non-ortho nitro benzene ring substituents is 1. The number of nitro groups is 1. The monoisotopic (exact) mass is 464 g/mol. The minimum absolute atomic E-state index is 0.0280. The van der Waals surface area contributed by atoms with Crippen molar-refractivity contribution < 1.29 is 14.4 Å². The molecule has 2 heterocycles. The molecule has 0 saturated heterocycles. The number of benzene rings is 3. The smallest absolute Gasteiger partial charge is 0.269 e. The maximum atomic E-state index is 11.4. The minimum atomic E-state index is -0.323. The standard InChI is InChI=1S/C23H17BrN2O4/c24-18-10-21-20(29-11-30-21)9-15(18)23-17-7-12-3-1-2-4-14(12)22(17)16-8-13(26(27)28)5-6-19(16)25-23/h1-6,8-10,17,22-23,25H,7,11H2/t17-,22-,23+/m0/s1. The van der Waals surface area contributed by atoms with Crippen molar-refractivity contribution in [3.05, 3.63) is 91.4 Å². The van der Waals surface area contributed by atoms with Crippen LogP contribution < -0.4 is 14.8 Å². The summed E-state index contributed by atoms with van der Waals surface area (Å²) >= 11 is 3.72. The number of halogens is 1. The Morgan fingerprint density at radius 2 is 1.80 bits per heavy atom. The number of hydrogen-bond acceptors (Lipinski definition) is 5. The first-order chi connectivity index (χ1) is 14.6. The molecule has 0 aromatic heterocycles. The highest BCUT2D eigenvalue weighted by atomic mass is 79.9. The quantitative estimate of drug-likeness (QED) is 0.397. The van der Waals surface area contributed by atoms with Crippen LogP contribution in [0.15, 0.2) is 59.1 Å². The summed E-state index contributed by atoms with van der Waals surface area (Å²) in [5.41, 5.74) is 5.72. The molecular weight excluding hydrogens is 448 g/mol. The summed E-state index contributed by atoms with van der Waals surface area (Å²) in [7, 11) is 0. The topological polar surface area (TPSA) is 73.6 Å². The molecule has 0 bridgehead atoms. The Labute approximate surface area is 181 Å². The Kier molecular flexibility index (Phi) is 3.83. The number of nitrogens with one attached hydrogen (secondary N) is 1. The van der Waals surface area contributed by atoms with E-state index in [-0.39, 0.29) is 35.3 Å². The summed E-state index contributed by atoms with van der Waals surface area (Å²) in [6.45, 7) is 0.229. The third-order valence-corrected chi connectivity index (χ3v) is 7.11. The van der Waals surface area contributed by atoms with E-state index in [0.717, 1.165) is 39.2 Å². The van der Waals surface area contributed by atoms with Gasteiger partial charge in [0.05, 0.1) is 11.0 Å². The second-order valence-electron chi connectivity index (χ2n) is 7.92. The zero-order chi connectivity index (χ0) is 20.4. The summed E-state index contributed by atoms with van der Waals surface area (Å²) in [5, 5.41) is 15.1. The van der Waals surface area contributed by atoms with Crippen LogP contribution in [0.3, 0.4) is 0 Å². The molecule has 3 aromatic rings. The van der Waals surface area contributed by atoms with Gasteiger partial charge >= 0.3 is 0 Å². The van der Waals surface area contributed by atoms with Crippen molar-refractivity contribution in [1.82, 2.24) is 0 Å². The van der Waals surface area contributed by atoms with Gasteiger partial charge in [0, 0.05) is 28.2 Å². The van der Waals surface area contributed by atoms with E-state index in [1.165, 1.54) is 11.1 Å². The molecule has 6 nitrogen and oxygen atoms in total. The number of rotatable bonds is 2. The van der Waals surface area contributed by atoms with Crippen LogP contribution in [0.2, 0.25) is 0 Å². The Bertz CT molecular complexity index is 1210. The average molecular weight is 465 g/mol. The fraction of sp³-hybridized carbons (Fsp3) is 0.217. The zero-order valence-electron chi connectivity index (χ0n) is 15.8. The lowest BCUT2D eigenvalue weighted by atomic mass is 9.75. The molecule has 3 aromatic carbocycles. The first kappa shape index (κ1) is 17.8. The molecule has 3 atom stereocenters. The molecule has 1 aliphatic carbocycles. The largest absolute Gasteiger partial charge is 0.454 e. The molecule has 0 radical (unpaired) electrons. The predicted molar refractivity (Wildman–Crippen MR) is 115 cm³/mol. The third-order valence-electron chi connectivity index (χ3n) is 6.42. The summed E-state index contributed by atoms with van der Waals surface area (Å²) < 4.78 is 12.1.